The van der Waals surface area contributed by atoms with E-state index < -0.39 is 0 Å². The molecule has 0 aromatic heterocycles. The third kappa shape index (κ3) is 3.47. The van der Waals surface area contributed by atoms with Crippen LogP contribution in [0.3, 0.4) is 0 Å². The molecule has 0 radical (unpaired) electrons. The molecule has 2 nitrogen and oxygen atoms in total. The SMILES string of the molecule is CC(=O)CC(C)N1CCCC(C)C1. The molecule has 1 aliphatic heterocycles. The molecule has 2 atom stereocenters. The molecular formula is C11H21NO. The highest BCUT2D eigenvalue weighted by Crippen LogP contribution is 2.18. The maximum absolute atomic E-state index is 11.0. The molecule has 1 saturated heterocycles. The Bertz CT molecular complexity index is 179. The van der Waals surface area contributed by atoms with E-state index in [1.807, 2.05) is 0 Å². The van der Waals surface area contributed by atoms with Gasteiger partial charge in [-0.1, -0.05) is 6.92 Å². The fourth-order valence-corrected chi connectivity index (χ4v) is 2.17. The van der Waals surface area contributed by atoms with Gasteiger partial charge in [-0.05, 0) is 39.2 Å². The third-order valence-electron chi connectivity index (χ3n) is 2.89. The molecule has 0 aromatic carbocycles. The van der Waals surface area contributed by atoms with Gasteiger partial charge in [0.1, 0.15) is 5.78 Å². The van der Waals surface area contributed by atoms with Crippen molar-refractivity contribution < 1.29 is 4.79 Å². The lowest BCUT2D eigenvalue weighted by Gasteiger charge is -2.35. The van der Waals surface area contributed by atoms with Gasteiger partial charge in [-0.25, -0.2) is 0 Å². The molecule has 1 heterocycles. The van der Waals surface area contributed by atoms with Crippen molar-refractivity contribution in [2.24, 2.45) is 5.92 Å². The quantitative estimate of drug-likeness (QED) is 0.667. The summed E-state index contributed by atoms with van der Waals surface area (Å²) in [5.74, 6) is 1.12. The van der Waals surface area contributed by atoms with Crippen LogP contribution in [0.25, 0.3) is 0 Å². The largest absolute Gasteiger partial charge is 0.300 e. The Labute approximate surface area is 81.3 Å². The smallest absolute Gasteiger partial charge is 0.131 e. The van der Waals surface area contributed by atoms with Crippen LogP contribution < -0.4 is 0 Å². The molecule has 1 aliphatic rings. The summed E-state index contributed by atoms with van der Waals surface area (Å²) in [7, 11) is 0. The van der Waals surface area contributed by atoms with Crippen LogP contribution in [0.4, 0.5) is 0 Å². The third-order valence-corrected chi connectivity index (χ3v) is 2.89. The number of carbonyl (C=O) groups is 1. The maximum Gasteiger partial charge on any atom is 0.131 e. The molecular weight excluding hydrogens is 162 g/mol. The first kappa shape index (κ1) is 10.7. The first-order chi connectivity index (χ1) is 6.09. The van der Waals surface area contributed by atoms with Gasteiger partial charge in [0.2, 0.25) is 0 Å². The number of hydrogen-bond acceptors (Lipinski definition) is 2. The maximum atomic E-state index is 11.0. The average Bonchev–Trinajstić information content (AvgIpc) is 2.03. The molecule has 2 heteroatoms. The van der Waals surface area contributed by atoms with Crippen LogP contribution in [0.1, 0.15) is 40.0 Å². The monoisotopic (exact) mass is 183 g/mol. The molecule has 2 unspecified atom stereocenters. The second-order valence-corrected chi connectivity index (χ2v) is 4.50. The lowest BCUT2D eigenvalue weighted by atomic mass is 9.98. The molecule has 13 heavy (non-hydrogen) atoms. The molecule has 0 aromatic rings. The Hall–Kier alpha value is -0.370. The molecule has 0 saturated carbocycles. The van der Waals surface area contributed by atoms with E-state index in [2.05, 4.69) is 18.7 Å². The van der Waals surface area contributed by atoms with Crippen molar-refractivity contribution in [3.05, 3.63) is 0 Å². The highest BCUT2D eigenvalue weighted by Gasteiger charge is 2.21. The Morgan fingerprint density at radius 1 is 1.62 bits per heavy atom. The predicted octanol–water partition coefficient (Wildman–Crippen LogP) is 2.09. The number of likely N-dealkylation sites (tertiary alicyclic amines) is 1. The van der Waals surface area contributed by atoms with E-state index in [-0.39, 0.29) is 0 Å². The van der Waals surface area contributed by atoms with Crippen molar-refractivity contribution in [3.63, 3.8) is 0 Å². The predicted molar refractivity (Wildman–Crippen MR) is 54.7 cm³/mol. The Morgan fingerprint density at radius 2 is 2.31 bits per heavy atom. The molecule has 0 spiro atoms. The van der Waals surface area contributed by atoms with E-state index in [1.165, 1.54) is 25.9 Å². The average molecular weight is 183 g/mol. The van der Waals surface area contributed by atoms with E-state index in [4.69, 9.17) is 0 Å². The molecule has 76 valence electrons. The molecule has 0 bridgehead atoms. The van der Waals surface area contributed by atoms with Crippen LogP contribution in [0.2, 0.25) is 0 Å². The summed E-state index contributed by atoms with van der Waals surface area (Å²) in [6, 6.07) is 0.445. The molecule has 0 amide bonds. The van der Waals surface area contributed by atoms with Crippen molar-refractivity contribution in [2.75, 3.05) is 13.1 Å². The summed E-state index contributed by atoms with van der Waals surface area (Å²) < 4.78 is 0. The summed E-state index contributed by atoms with van der Waals surface area (Å²) >= 11 is 0. The zero-order valence-electron chi connectivity index (χ0n) is 9.05. The lowest BCUT2D eigenvalue weighted by Crippen LogP contribution is -2.41. The van der Waals surface area contributed by atoms with Crippen molar-refractivity contribution >= 4 is 5.78 Å². The molecule has 1 rings (SSSR count). The zero-order valence-corrected chi connectivity index (χ0v) is 9.05. The number of rotatable bonds is 3. The van der Waals surface area contributed by atoms with Gasteiger partial charge < -0.3 is 0 Å². The summed E-state index contributed by atoms with van der Waals surface area (Å²) in [6.45, 7) is 8.50. The fourth-order valence-electron chi connectivity index (χ4n) is 2.17. The van der Waals surface area contributed by atoms with Crippen LogP contribution in [0.15, 0.2) is 0 Å². The van der Waals surface area contributed by atoms with Gasteiger partial charge in [0.25, 0.3) is 0 Å². The zero-order chi connectivity index (χ0) is 9.84. The summed E-state index contributed by atoms with van der Waals surface area (Å²) in [5.41, 5.74) is 0. The van der Waals surface area contributed by atoms with Crippen molar-refractivity contribution in [2.45, 2.75) is 46.1 Å². The molecule has 0 N–H and O–H groups in total. The first-order valence-corrected chi connectivity index (χ1v) is 5.33. The van der Waals surface area contributed by atoms with Crippen LogP contribution in [0, 0.1) is 5.92 Å². The molecule has 1 fully saturated rings. The number of piperidine rings is 1. The van der Waals surface area contributed by atoms with Gasteiger partial charge in [-0.3, -0.25) is 9.69 Å². The van der Waals surface area contributed by atoms with E-state index in [1.54, 1.807) is 6.92 Å². The van der Waals surface area contributed by atoms with Gasteiger partial charge >= 0.3 is 0 Å². The van der Waals surface area contributed by atoms with Crippen molar-refractivity contribution in [3.8, 4) is 0 Å². The minimum Gasteiger partial charge on any atom is -0.300 e. The van der Waals surface area contributed by atoms with Crippen LogP contribution in [0.5, 0.6) is 0 Å². The number of carbonyl (C=O) groups excluding carboxylic acids is 1. The fraction of sp³-hybridized carbons (Fsp3) is 0.909. The minimum absolute atomic E-state index is 0.311. The number of ketones is 1. The normalized spacial score (nSPS) is 27.2. The van der Waals surface area contributed by atoms with E-state index >= 15 is 0 Å². The summed E-state index contributed by atoms with van der Waals surface area (Å²) in [6.07, 6.45) is 3.36. The second-order valence-electron chi connectivity index (χ2n) is 4.50. The number of nitrogens with zero attached hydrogens (tertiary/aromatic N) is 1. The van der Waals surface area contributed by atoms with E-state index in [0.29, 0.717) is 18.2 Å². The highest BCUT2D eigenvalue weighted by atomic mass is 16.1. The summed E-state index contributed by atoms with van der Waals surface area (Å²) in [4.78, 5) is 13.4. The second kappa shape index (κ2) is 4.75. The standard InChI is InChI=1S/C11H21NO/c1-9-5-4-6-12(8-9)10(2)7-11(3)13/h9-10H,4-8H2,1-3H3. The van der Waals surface area contributed by atoms with Crippen molar-refractivity contribution in [1.29, 1.82) is 0 Å². The van der Waals surface area contributed by atoms with Gasteiger partial charge in [-0.2, -0.15) is 0 Å². The van der Waals surface area contributed by atoms with Gasteiger partial charge in [0.05, 0.1) is 0 Å². The van der Waals surface area contributed by atoms with Crippen LogP contribution in [-0.4, -0.2) is 29.8 Å². The van der Waals surface area contributed by atoms with Crippen molar-refractivity contribution in [1.82, 2.24) is 4.90 Å². The Morgan fingerprint density at radius 3 is 2.85 bits per heavy atom. The van der Waals surface area contributed by atoms with E-state index in [9.17, 15) is 4.79 Å². The van der Waals surface area contributed by atoms with Gasteiger partial charge in [0, 0.05) is 19.0 Å². The van der Waals surface area contributed by atoms with Gasteiger partial charge in [-0.15, -0.1) is 0 Å². The Balaban J connectivity index is 2.36. The van der Waals surface area contributed by atoms with Crippen LogP contribution in [-0.2, 0) is 4.79 Å². The first-order valence-electron chi connectivity index (χ1n) is 5.33. The van der Waals surface area contributed by atoms with Gasteiger partial charge in [0.15, 0.2) is 0 Å². The van der Waals surface area contributed by atoms with E-state index in [0.717, 1.165) is 5.92 Å². The number of Topliss-reactive ketones (excluding diaryl/α,β-unsaturated/α-hetero) is 1. The minimum atomic E-state index is 0.311. The van der Waals surface area contributed by atoms with Crippen LogP contribution >= 0.6 is 0 Å². The topological polar surface area (TPSA) is 20.3 Å². The highest BCUT2D eigenvalue weighted by molar-refractivity contribution is 5.76. The Kier molecular flexibility index (Phi) is 3.91. The summed E-state index contributed by atoms with van der Waals surface area (Å²) in [5, 5.41) is 0. The number of hydrogen-bond donors (Lipinski definition) is 0. The molecule has 0 aliphatic carbocycles. The lowest BCUT2D eigenvalue weighted by molar-refractivity contribution is -0.118.